The lowest BCUT2D eigenvalue weighted by molar-refractivity contribution is -0.147. The fourth-order valence-corrected chi connectivity index (χ4v) is 4.13. The van der Waals surface area contributed by atoms with E-state index in [2.05, 4.69) is 0 Å². The van der Waals surface area contributed by atoms with Crippen LogP contribution in [0.15, 0.2) is 60.7 Å². The molecule has 1 aliphatic heterocycles. The van der Waals surface area contributed by atoms with Crippen LogP contribution >= 0.6 is 11.8 Å². The molecule has 3 rings (SSSR count). The van der Waals surface area contributed by atoms with E-state index >= 15 is 4.39 Å². The molecule has 1 fully saturated rings. The van der Waals surface area contributed by atoms with Crippen molar-refractivity contribution in [2.45, 2.75) is 29.9 Å². The predicted molar refractivity (Wildman–Crippen MR) is 104 cm³/mol. The highest BCUT2D eigenvalue weighted by Gasteiger charge is 2.49. The van der Waals surface area contributed by atoms with Crippen LogP contribution in [0.2, 0.25) is 0 Å². The van der Waals surface area contributed by atoms with Gasteiger partial charge in [-0.1, -0.05) is 36.4 Å². The molecule has 152 valence electrons. The molecular formula is C21H19FO6S. The van der Waals surface area contributed by atoms with E-state index in [1.165, 1.54) is 19.1 Å². The van der Waals surface area contributed by atoms with Crippen LogP contribution in [0.4, 0.5) is 4.39 Å². The molecule has 8 heteroatoms. The van der Waals surface area contributed by atoms with Crippen LogP contribution in [0.5, 0.6) is 0 Å². The van der Waals surface area contributed by atoms with E-state index in [9.17, 15) is 14.4 Å². The maximum Gasteiger partial charge on any atom is 0.338 e. The third-order valence-electron chi connectivity index (χ3n) is 4.17. The molecule has 1 saturated heterocycles. The van der Waals surface area contributed by atoms with Crippen molar-refractivity contribution in [1.29, 1.82) is 0 Å². The molecule has 29 heavy (non-hydrogen) atoms. The summed E-state index contributed by atoms with van der Waals surface area (Å²) in [4.78, 5) is 35.8. The second-order valence-corrected chi connectivity index (χ2v) is 7.64. The normalized spacial score (nSPS) is 23.2. The van der Waals surface area contributed by atoms with Gasteiger partial charge in [-0.25, -0.2) is 14.0 Å². The smallest absolute Gasteiger partial charge is 0.338 e. The molecule has 0 radical (unpaired) electrons. The van der Waals surface area contributed by atoms with Gasteiger partial charge in [-0.2, -0.15) is 0 Å². The molecule has 0 N–H and O–H groups in total. The lowest BCUT2D eigenvalue weighted by Gasteiger charge is -2.20. The van der Waals surface area contributed by atoms with Crippen LogP contribution in [-0.4, -0.2) is 47.5 Å². The zero-order valence-corrected chi connectivity index (χ0v) is 16.3. The van der Waals surface area contributed by atoms with Crippen LogP contribution in [0, 0.1) is 0 Å². The van der Waals surface area contributed by atoms with Gasteiger partial charge in [0.2, 0.25) is 0 Å². The number of hydrogen-bond acceptors (Lipinski definition) is 7. The Hall–Kier alpha value is -2.87. The quantitative estimate of drug-likeness (QED) is 0.525. The Balaban J connectivity index is 1.66. The van der Waals surface area contributed by atoms with Gasteiger partial charge in [0.25, 0.3) is 0 Å². The maximum atomic E-state index is 15.0. The first kappa shape index (κ1) is 20.9. The number of carbonyl (C=O) groups is 3. The van der Waals surface area contributed by atoms with Gasteiger partial charge in [0, 0.05) is 6.92 Å². The zero-order valence-electron chi connectivity index (χ0n) is 15.5. The monoisotopic (exact) mass is 418 g/mol. The second-order valence-electron chi connectivity index (χ2n) is 6.30. The summed E-state index contributed by atoms with van der Waals surface area (Å²) < 4.78 is 30.6. The molecule has 0 aliphatic carbocycles. The van der Waals surface area contributed by atoms with E-state index in [0.717, 1.165) is 11.8 Å². The van der Waals surface area contributed by atoms with Crippen LogP contribution in [0.3, 0.4) is 0 Å². The van der Waals surface area contributed by atoms with E-state index in [4.69, 9.17) is 14.2 Å². The highest BCUT2D eigenvalue weighted by Crippen LogP contribution is 2.39. The molecule has 1 heterocycles. The highest BCUT2D eigenvalue weighted by atomic mass is 32.2. The number of carbonyl (C=O) groups excluding carboxylic acids is 3. The standard InChI is InChI=1S/C21H19FO6S/c1-13(23)27-21-18(28-20(25)15-10-6-3-7-11-15)17(22)16(29-21)12-26-19(24)14-8-4-2-5-9-14/h2-11,16-18,21H,12H2,1H3/t16-,17?,18+,21-/m1/s1. The number of halogens is 1. The Morgan fingerprint density at radius 2 is 1.45 bits per heavy atom. The summed E-state index contributed by atoms with van der Waals surface area (Å²) in [5, 5.41) is -0.847. The predicted octanol–water partition coefficient (Wildman–Crippen LogP) is 3.41. The Morgan fingerprint density at radius 3 is 2.00 bits per heavy atom. The molecule has 2 aromatic carbocycles. The van der Waals surface area contributed by atoms with Gasteiger partial charge in [-0.05, 0) is 24.3 Å². The van der Waals surface area contributed by atoms with Gasteiger partial charge in [0.15, 0.2) is 17.7 Å². The zero-order chi connectivity index (χ0) is 20.8. The van der Waals surface area contributed by atoms with Crippen molar-refractivity contribution < 1.29 is 33.0 Å². The van der Waals surface area contributed by atoms with Crippen LogP contribution in [0.25, 0.3) is 0 Å². The number of esters is 3. The number of rotatable bonds is 6. The Labute approximate surface area is 171 Å². The van der Waals surface area contributed by atoms with Gasteiger partial charge in [-0.15, -0.1) is 11.8 Å². The van der Waals surface area contributed by atoms with Crippen molar-refractivity contribution in [1.82, 2.24) is 0 Å². The minimum Gasteiger partial charge on any atom is -0.461 e. The minimum atomic E-state index is -1.68. The van der Waals surface area contributed by atoms with Crippen LogP contribution < -0.4 is 0 Å². The lowest BCUT2D eigenvalue weighted by Crippen LogP contribution is -2.37. The first-order chi connectivity index (χ1) is 14.0. The van der Waals surface area contributed by atoms with Crippen molar-refractivity contribution in [2.75, 3.05) is 6.61 Å². The average molecular weight is 418 g/mol. The Bertz CT molecular complexity index is 860. The Morgan fingerprint density at radius 1 is 0.897 bits per heavy atom. The minimum absolute atomic E-state index is 0.253. The topological polar surface area (TPSA) is 78.9 Å². The third kappa shape index (κ3) is 5.35. The molecule has 0 amide bonds. The second kappa shape index (κ2) is 9.56. The summed E-state index contributed by atoms with van der Waals surface area (Å²) in [6.45, 7) is 0.934. The maximum absolute atomic E-state index is 15.0. The molecular weight excluding hydrogens is 399 g/mol. The summed E-state index contributed by atoms with van der Waals surface area (Å²) >= 11 is 0.957. The summed E-state index contributed by atoms with van der Waals surface area (Å²) in [6, 6.07) is 16.4. The van der Waals surface area contributed by atoms with Crippen molar-refractivity contribution in [3.05, 3.63) is 71.8 Å². The number of alkyl halides is 1. The highest BCUT2D eigenvalue weighted by molar-refractivity contribution is 8.00. The number of hydrogen-bond donors (Lipinski definition) is 0. The van der Waals surface area contributed by atoms with Crippen molar-refractivity contribution in [2.24, 2.45) is 0 Å². The summed E-state index contributed by atoms with van der Waals surface area (Å²) in [5.74, 6) is -1.94. The van der Waals surface area contributed by atoms with Crippen LogP contribution in [0.1, 0.15) is 27.6 Å². The molecule has 0 aromatic heterocycles. The summed E-state index contributed by atoms with van der Waals surface area (Å²) in [7, 11) is 0. The number of thioether (sulfide) groups is 1. The number of ether oxygens (including phenoxy) is 3. The molecule has 0 bridgehead atoms. The van der Waals surface area contributed by atoms with E-state index < -0.39 is 40.9 Å². The van der Waals surface area contributed by atoms with Crippen molar-refractivity contribution in [3.8, 4) is 0 Å². The van der Waals surface area contributed by atoms with Gasteiger partial charge in [0.1, 0.15) is 6.61 Å². The number of benzene rings is 2. The van der Waals surface area contributed by atoms with Gasteiger partial charge >= 0.3 is 17.9 Å². The fraction of sp³-hybridized carbons (Fsp3) is 0.286. The SMILES string of the molecule is CC(=O)O[C@@H]1S[C@H](COC(=O)c2ccccc2)C(F)[C@@H]1OC(=O)c1ccccc1. The van der Waals surface area contributed by atoms with E-state index in [1.807, 2.05) is 0 Å². The summed E-state index contributed by atoms with van der Waals surface area (Å²) in [6.07, 6.45) is -2.99. The first-order valence-electron chi connectivity index (χ1n) is 8.90. The van der Waals surface area contributed by atoms with Crippen molar-refractivity contribution >= 4 is 29.7 Å². The largest absolute Gasteiger partial charge is 0.461 e. The average Bonchev–Trinajstić information content (AvgIpc) is 3.01. The molecule has 4 atom stereocenters. The van der Waals surface area contributed by atoms with Crippen molar-refractivity contribution in [3.63, 3.8) is 0 Å². The summed E-state index contributed by atoms with van der Waals surface area (Å²) in [5.41, 5.74) is -0.435. The van der Waals surface area contributed by atoms with E-state index in [1.54, 1.807) is 48.5 Å². The molecule has 6 nitrogen and oxygen atoms in total. The van der Waals surface area contributed by atoms with E-state index in [-0.39, 0.29) is 12.2 Å². The van der Waals surface area contributed by atoms with Gasteiger partial charge in [-0.3, -0.25) is 4.79 Å². The van der Waals surface area contributed by atoms with Gasteiger partial charge in [0.05, 0.1) is 16.4 Å². The molecule has 0 spiro atoms. The van der Waals surface area contributed by atoms with E-state index in [0.29, 0.717) is 5.56 Å². The third-order valence-corrected chi connectivity index (χ3v) is 5.55. The Kier molecular flexibility index (Phi) is 6.87. The molecule has 0 saturated carbocycles. The molecule has 1 aliphatic rings. The van der Waals surface area contributed by atoms with Crippen LogP contribution in [-0.2, 0) is 19.0 Å². The molecule has 1 unspecified atom stereocenters. The van der Waals surface area contributed by atoms with Gasteiger partial charge < -0.3 is 14.2 Å². The lowest BCUT2D eigenvalue weighted by atomic mass is 10.1. The first-order valence-corrected chi connectivity index (χ1v) is 9.85. The fourth-order valence-electron chi connectivity index (χ4n) is 2.78. The molecule has 2 aromatic rings.